The van der Waals surface area contributed by atoms with Gasteiger partial charge in [-0.25, -0.2) is 4.98 Å². The minimum atomic E-state index is -0.0935. The lowest BCUT2D eigenvalue weighted by Gasteiger charge is -2.34. The molecule has 0 aliphatic carbocycles. The number of nitrogens with zero attached hydrogens (tertiary/aromatic N) is 8. The summed E-state index contributed by atoms with van der Waals surface area (Å²) in [6, 6.07) is 9.56. The lowest BCUT2D eigenvalue weighted by atomic mass is 10.3. The molecule has 144 valence electrons. The molecule has 1 aliphatic rings. The number of carbonyl (C=O) groups is 1. The van der Waals surface area contributed by atoms with Gasteiger partial charge in [-0.15, -0.1) is 15.3 Å². The van der Waals surface area contributed by atoms with Crippen LogP contribution in [0.25, 0.3) is 0 Å². The number of aromatic nitrogens is 6. The minimum absolute atomic E-state index is 0.0935. The first-order chi connectivity index (χ1) is 13.6. The van der Waals surface area contributed by atoms with Gasteiger partial charge >= 0.3 is 0 Å². The molecule has 0 spiro atoms. The molecule has 10 nitrogen and oxygen atoms in total. The number of rotatable bonds is 4. The van der Waals surface area contributed by atoms with Crippen LogP contribution in [0.1, 0.15) is 16.2 Å². The van der Waals surface area contributed by atoms with Crippen LogP contribution in [-0.4, -0.2) is 67.2 Å². The number of nitrogens with one attached hydrogen (secondary N) is 1. The highest BCUT2D eigenvalue weighted by Gasteiger charge is 2.24. The van der Waals surface area contributed by atoms with Gasteiger partial charge in [0.2, 0.25) is 0 Å². The Bertz CT molecular complexity index is 961. The Balaban J connectivity index is 1.35. The summed E-state index contributed by atoms with van der Waals surface area (Å²) in [5.41, 5.74) is 1.31. The van der Waals surface area contributed by atoms with E-state index in [0.717, 1.165) is 17.3 Å². The van der Waals surface area contributed by atoms with Crippen LogP contribution in [0, 0.1) is 6.92 Å². The number of hydrogen-bond acceptors (Lipinski definition) is 8. The number of aryl methyl sites for hydroxylation is 2. The predicted octanol–water partition coefficient (Wildman–Crippen LogP) is 1.01. The van der Waals surface area contributed by atoms with Crippen LogP contribution in [0.2, 0.25) is 0 Å². The van der Waals surface area contributed by atoms with Crippen molar-refractivity contribution >= 4 is 23.4 Å². The lowest BCUT2D eigenvalue weighted by molar-refractivity contribution is 0.0740. The molecule has 10 heteroatoms. The number of carbonyl (C=O) groups excluding carboxylic acids is 1. The highest BCUT2D eigenvalue weighted by Crippen LogP contribution is 2.17. The predicted molar refractivity (Wildman–Crippen MR) is 103 cm³/mol. The van der Waals surface area contributed by atoms with Gasteiger partial charge in [-0.05, 0) is 31.2 Å². The van der Waals surface area contributed by atoms with E-state index in [2.05, 4.69) is 35.7 Å². The van der Waals surface area contributed by atoms with Gasteiger partial charge in [0.1, 0.15) is 5.82 Å². The smallest absolute Gasteiger partial charge is 0.276 e. The third-order valence-corrected chi connectivity index (χ3v) is 4.51. The van der Waals surface area contributed by atoms with E-state index >= 15 is 0 Å². The van der Waals surface area contributed by atoms with Crippen molar-refractivity contribution < 1.29 is 4.79 Å². The number of pyridine rings is 1. The van der Waals surface area contributed by atoms with Gasteiger partial charge in [0, 0.05) is 38.9 Å². The largest absolute Gasteiger partial charge is 0.352 e. The Morgan fingerprint density at radius 1 is 1.00 bits per heavy atom. The molecule has 1 N–H and O–H groups in total. The number of hydrogen-bond donors (Lipinski definition) is 1. The first-order valence-electron chi connectivity index (χ1n) is 9.03. The number of piperazine rings is 1. The van der Waals surface area contributed by atoms with E-state index in [1.807, 2.05) is 37.3 Å². The zero-order chi connectivity index (χ0) is 19.5. The van der Waals surface area contributed by atoms with E-state index < -0.39 is 0 Å². The molecule has 3 aromatic heterocycles. The maximum Gasteiger partial charge on any atom is 0.276 e. The minimum Gasteiger partial charge on any atom is -0.352 e. The van der Waals surface area contributed by atoms with Crippen LogP contribution in [0.15, 0.2) is 36.5 Å². The normalized spacial score (nSPS) is 14.2. The van der Waals surface area contributed by atoms with Gasteiger partial charge < -0.3 is 15.1 Å². The van der Waals surface area contributed by atoms with Gasteiger partial charge in [-0.2, -0.15) is 0 Å². The van der Waals surface area contributed by atoms with Crippen molar-refractivity contribution in [2.45, 2.75) is 6.92 Å². The van der Waals surface area contributed by atoms with Gasteiger partial charge in [0.25, 0.3) is 5.91 Å². The number of anilines is 3. The summed E-state index contributed by atoms with van der Waals surface area (Å²) in [7, 11) is 1.74. The molecule has 1 aliphatic heterocycles. The monoisotopic (exact) mass is 379 g/mol. The van der Waals surface area contributed by atoms with Crippen LogP contribution in [0.4, 0.5) is 17.5 Å². The molecule has 1 saturated heterocycles. The van der Waals surface area contributed by atoms with E-state index in [9.17, 15) is 4.79 Å². The van der Waals surface area contributed by atoms with Gasteiger partial charge in [0.15, 0.2) is 17.3 Å². The molecule has 0 saturated carbocycles. The SMILES string of the molecule is Cc1cccc(Nc2ccc(N3CCN(C(=O)c4cn(C)nn4)CC3)nn2)n1. The van der Waals surface area contributed by atoms with Gasteiger partial charge in [0.05, 0.1) is 6.20 Å². The molecular formula is C18H21N9O. The molecule has 0 aromatic carbocycles. The fourth-order valence-electron chi connectivity index (χ4n) is 3.05. The summed E-state index contributed by atoms with van der Waals surface area (Å²) in [4.78, 5) is 20.7. The topological polar surface area (TPSA) is 105 Å². The maximum absolute atomic E-state index is 12.4. The van der Waals surface area contributed by atoms with Crippen molar-refractivity contribution in [3.63, 3.8) is 0 Å². The molecule has 1 amide bonds. The third kappa shape index (κ3) is 3.90. The molecule has 4 rings (SSSR count). The van der Waals surface area contributed by atoms with Crippen molar-refractivity contribution in [2.24, 2.45) is 7.05 Å². The maximum atomic E-state index is 12.4. The van der Waals surface area contributed by atoms with Crippen LogP contribution in [0.3, 0.4) is 0 Å². The molecule has 0 radical (unpaired) electrons. The molecule has 1 fully saturated rings. The second kappa shape index (κ2) is 7.59. The molecular weight excluding hydrogens is 358 g/mol. The molecule has 3 aromatic rings. The summed E-state index contributed by atoms with van der Waals surface area (Å²) in [6.45, 7) is 4.52. The van der Waals surface area contributed by atoms with Crippen molar-refractivity contribution in [2.75, 3.05) is 36.4 Å². The standard InChI is InChI=1S/C18H21N9O/c1-13-4-3-5-15(19-13)20-16-6-7-17(23-22-16)26-8-10-27(11-9-26)18(28)14-12-25(2)24-21-14/h3-7,12H,8-11H2,1-2H3,(H,19,20,22). The van der Waals surface area contributed by atoms with Crippen molar-refractivity contribution in [1.82, 2.24) is 35.1 Å². The Labute approximate surface area is 162 Å². The molecule has 0 unspecified atom stereocenters. The average Bonchev–Trinajstić information content (AvgIpc) is 3.15. The highest BCUT2D eigenvalue weighted by molar-refractivity contribution is 5.92. The first kappa shape index (κ1) is 17.8. The fraction of sp³-hybridized carbons (Fsp3) is 0.333. The fourth-order valence-corrected chi connectivity index (χ4v) is 3.05. The highest BCUT2D eigenvalue weighted by atomic mass is 16.2. The zero-order valence-electron chi connectivity index (χ0n) is 15.8. The van der Waals surface area contributed by atoms with E-state index in [-0.39, 0.29) is 5.91 Å². The van der Waals surface area contributed by atoms with E-state index in [0.29, 0.717) is 37.7 Å². The summed E-state index contributed by atoms with van der Waals surface area (Å²) < 4.78 is 1.53. The van der Waals surface area contributed by atoms with Crippen molar-refractivity contribution in [3.8, 4) is 0 Å². The van der Waals surface area contributed by atoms with Gasteiger partial charge in [-0.1, -0.05) is 11.3 Å². The van der Waals surface area contributed by atoms with Crippen LogP contribution >= 0.6 is 0 Å². The van der Waals surface area contributed by atoms with Crippen LogP contribution in [0.5, 0.6) is 0 Å². The molecule has 0 bridgehead atoms. The summed E-state index contributed by atoms with van der Waals surface area (Å²) in [6.07, 6.45) is 1.63. The Morgan fingerprint density at radius 3 is 2.46 bits per heavy atom. The lowest BCUT2D eigenvalue weighted by Crippen LogP contribution is -2.49. The Morgan fingerprint density at radius 2 is 1.82 bits per heavy atom. The molecule has 4 heterocycles. The van der Waals surface area contributed by atoms with Crippen molar-refractivity contribution in [3.05, 3.63) is 47.9 Å². The first-order valence-corrected chi connectivity index (χ1v) is 9.03. The quantitative estimate of drug-likeness (QED) is 0.716. The third-order valence-electron chi connectivity index (χ3n) is 4.51. The summed E-state index contributed by atoms with van der Waals surface area (Å²) >= 11 is 0. The number of amides is 1. The van der Waals surface area contributed by atoms with Crippen LogP contribution < -0.4 is 10.2 Å². The van der Waals surface area contributed by atoms with Crippen LogP contribution in [-0.2, 0) is 7.05 Å². The zero-order valence-corrected chi connectivity index (χ0v) is 15.8. The van der Waals surface area contributed by atoms with E-state index in [1.165, 1.54) is 4.68 Å². The summed E-state index contributed by atoms with van der Waals surface area (Å²) in [5.74, 6) is 2.06. The second-order valence-corrected chi connectivity index (χ2v) is 6.62. The molecule has 28 heavy (non-hydrogen) atoms. The second-order valence-electron chi connectivity index (χ2n) is 6.62. The van der Waals surface area contributed by atoms with E-state index in [4.69, 9.17) is 0 Å². The molecule has 0 atom stereocenters. The average molecular weight is 379 g/mol. The Hall–Kier alpha value is -3.56. The van der Waals surface area contributed by atoms with E-state index in [1.54, 1.807) is 18.1 Å². The Kier molecular flexibility index (Phi) is 4.83. The van der Waals surface area contributed by atoms with Crippen molar-refractivity contribution in [1.29, 1.82) is 0 Å². The van der Waals surface area contributed by atoms with Gasteiger partial charge in [-0.3, -0.25) is 9.48 Å². The summed E-state index contributed by atoms with van der Waals surface area (Å²) in [5, 5.41) is 19.4.